The molecule has 0 saturated carbocycles. The first-order chi connectivity index (χ1) is 9.65. The Morgan fingerprint density at radius 3 is 2.40 bits per heavy atom. The van der Waals surface area contributed by atoms with Crippen LogP contribution in [0.5, 0.6) is 0 Å². The molecule has 0 spiro atoms. The second kappa shape index (κ2) is 5.06. The summed E-state index contributed by atoms with van der Waals surface area (Å²) in [5.74, 6) is 0. The lowest BCUT2D eigenvalue weighted by Crippen LogP contribution is -2.24. The monoisotopic (exact) mass is 263 g/mol. The van der Waals surface area contributed by atoms with Gasteiger partial charge in [-0.1, -0.05) is 54.6 Å². The number of nitrogens with zero attached hydrogens (tertiary/aromatic N) is 1. The summed E-state index contributed by atoms with van der Waals surface area (Å²) in [7, 11) is 0. The maximum absolute atomic E-state index is 10.7. The molecular weight excluding hydrogens is 246 g/mol. The molecular formula is C18H17NO. The Labute approximate surface area is 118 Å². The largest absolute Gasteiger partial charge is 0.385 e. The number of rotatable bonds is 3. The van der Waals surface area contributed by atoms with E-state index in [1.807, 2.05) is 67.6 Å². The molecule has 2 nitrogen and oxygen atoms in total. The summed E-state index contributed by atoms with van der Waals surface area (Å²) in [4.78, 5) is 4.63. The van der Waals surface area contributed by atoms with Gasteiger partial charge in [0.25, 0.3) is 0 Å². The number of aromatic nitrogens is 1. The molecule has 0 aliphatic heterocycles. The van der Waals surface area contributed by atoms with Gasteiger partial charge < -0.3 is 5.11 Å². The quantitative estimate of drug-likeness (QED) is 0.782. The van der Waals surface area contributed by atoms with E-state index < -0.39 is 5.60 Å². The maximum atomic E-state index is 10.7. The van der Waals surface area contributed by atoms with Gasteiger partial charge in [-0.15, -0.1) is 0 Å². The van der Waals surface area contributed by atoms with Gasteiger partial charge in [0.05, 0.1) is 11.1 Å². The van der Waals surface area contributed by atoms with Gasteiger partial charge in [0, 0.05) is 17.5 Å². The molecule has 2 heteroatoms. The number of pyridine rings is 1. The predicted octanol–water partition coefficient (Wildman–Crippen LogP) is 3.69. The van der Waals surface area contributed by atoms with Gasteiger partial charge in [0.15, 0.2) is 0 Å². The van der Waals surface area contributed by atoms with Gasteiger partial charge in [0.1, 0.15) is 0 Å². The number of hydrogen-bond donors (Lipinski definition) is 1. The van der Waals surface area contributed by atoms with E-state index in [2.05, 4.69) is 11.1 Å². The average Bonchev–Trinajstić information content (AvgIpc) is 2.48. The highest BCUT2D eigenvalue weighted by atomic mass is 16.3. The Morgan fingerprint density at radius 2 is 1.60 bits per heavy atom. The molecule has 1 heterocycles. The molecule has 1 atom stereocenters. The van der Waals surface area contributed by atoms with Crippen LogP contribution >= 0.6 is 0 Å². The molecule has 1 unspecified atom stereocenters. The van der Waals surface area contributed by atoms with E-state index in [1.54, 1.807) is 0 Å². The van der Waals surface area contributed by atoms with Crippen molar-refractivity contribution >= 4 is 10.9 Å². The summed E-state index contributed by atoms with van der Waals surface area (Å²) in [6, 6.07) is 21.8. The van der Waals surface area contributed by atoms with Gasteiger partial charge >= 0.3 is 0 Å². The van der Waals surface area contributed by atoms with Crippen LogP contribution in [-0.4, -0.2) is 10.1 Å². The van der Waals surface area contributed by atoms with Crippen molar-refractivity contribution in [2.24, 2.45) is 0 Å². The molecule has 0 bridgehead atoms. The SMILES string of the molecule is CC(O)(Cc1ccc2ccccc2n1)c1ccccc1. The minimum Gasteiger partial charge on any atom is -0.385 e. The standard InChI is InChI=1S/C18H17NO/c1-18(20,15-8-3-2-4-9-15)13-16-12-11-14-7-5-6-10-17(14)19-16/h2-12,20H,13H2,1H3. The van der Waals surface area contributed by atoms with Crippen LogP contribution in [-0.2, 0) is 12.0 Å². The smallest absolute Gasteiger partial charge is 0.0923 e. The number of hydrogen-bond acceptors (Lipinski definition) is 2. The molecule has 0 saturated heterocycles. The van der Waals surface area contributed by atoms with Crippen LogP contribution < -0.4 is 0 Å². The van der Waals surface area contributed by atoms with Crippen molar-refractivity contribution in [2.45, 2.75) is 18.9 Å². The van der Waals surface area contributed by atoms with Gasteiger partial charge in [-0.2, -0.15) is 0 Å². The first-order valence-corrected chi connectivity index (χ1v) is 6.78. The fraction of sp³-hybridized carbons (Fsp3) is 0.167. The van der Waals surface area contributed by atoms with E-state index in [4.69, 9.17) is 0 Å². The Morgan fingerprint density at radius 1 is 0.900 bits per heavy atom. The van der Waals surface area contributed by atoms with Gasteiger partial charge in [-0.3, -0.25) is 4.98 Å². The number of para-hydroxylation sites is 1. The third-order valence-electron chi connectivity index (χ3n) is 3.58. The topological polar surface area (TPSA) is 33.1 Å². The zero-order chi connectivity index (χ0) is 14.0. The van der Waals surface area contributed by atoms with E-state index in [0.717, 1.165) is 22.2 Å². The second-order valence-corrected chi connectivity index (χ2v) is 5.31. The highest BCUT2D eigenvalue weighted by Crippen LogP contribution is 2.25. The molecule has 0 fully saturated rings. The molecule has 1 N–H and O–H groups in total. The Bertz CT molecular complexity index is 720. The number of aliphatic hydroxyl groups is 1. The average molecular weight is 263 g/mol. The lowest BCUT2D eigenvalue weighted by atomic mass is 9.91. The van der Waals surface area contributed by atoms with Crippen molar-refractivity contribution in [2.75, 3.05) is 0 Å². The summed E-state index contributed by atoms with van der Waals surface area (Å²) in [5, 5.41) is 11.8. The lowest BCUT2D eigenvalue weighted by Gasteiger charge is -2.23. The van der Waals surface area contributed by atoms with Crippen molar-refractivity contribution in [3.05, 3.63) is 78.0 Å². The fourth-order valence-electron chi connectivity index (χ4n) is 2.46. The minimum absolute atomic E-state index is 0.502. The van der Waals surface area contributed by atoms with E-state index in [9.17, 15) is 5.11 Å². The van der Waals surface area contributed by atoms with Gasteiger partial charge in [-0.05, 0) is 24.6 Å². The molecule has 0 amide bonds. The summed E-state index contributed by atoms with van der Waals surface area (Å²) in [6.07, 6.45) is 0.502. The summed E-state index contributed by atoms with van der Waals surface area (Å²) in [5.41, 5.74) is 1.87. The first-order valence-electron chi connectivity index (χ1n) is 6.78. The van der Waals surface area contributed by atoms with Gasteiger partial charge in [0.2, 0.25) is 0 Å². The Hall–Kier alpha value is -2.19. The van der Waals surface area contributed by atoms with Crippen molar-refractivity contribution in [3.63, 3.8) is 0 Å². The summed E-state index contributed by atoms with van der Waals surface area (Å²) < 4.78 is 0. The van der Waals surface area contributed by atoms with Crippen LogP contribution in [0, 0.1) is 0 Å². The molecule has 3 aromatic rings. The zero-order valence-electron chi connectivity index (χ0n) is 11.5. The molecule has 1 aromatic heterocycles. The number of benzene rings is 2. The van der Waals surface area contributed by atoms with Crippen LogP contribution in [0.25, 0.3) is 10.9 Å². The highest BCUT2D eigenvalue weighted by Gasteiger charge is 2.23. The predicted molar refractivity (Wildman–Crippen MR) is 81.5 cm³/mol. The van der Waals surface area contributed by atoms with Crippen LogP contribution in [0.15, 0.2) is 66.7 Å². The van der Waals surface area contributed by atoms with Crippen LogP contribution in [0.2, 0.25) is 0 Å². The third-order valence-corrected chi connectivity index (χ3v) is 3.58. The highest BCUT2D eigenvalue weighted by molar-refractivity contribution is 5.78. The summed E-state index contributed by atoms with van der Waals surface area (Å²) in [6.45, 7) is 1.83. The third kappa shape index (κ3) is 2.56. The van der Waals surface area contributed by atoms with Crippen molar-refractivity contribution in [3.8, 4) is 0 Å². The number of fused-ring (bicyclic) bond motifs is 1. The minimum atomic E-state index is -0.906. The molecule has 0 aliphatic rings. The van der Waals surface area contributed by atoms with Gasteiger partial charge in [-0.25, -0.2) is 0 Å². The Kier molecular flexibility index (Phi) is 3.25. The summed E-state index contributed by atoms with van der Waals surface area (Å²) >= 11 is 0. The fourth-order valence-corrected chi connectivity index (χ4v) is 2.46. The molecule has 3 rings (SSSR count). The maximum Gasteiger partial charge on any atom is 0.0923 e. The zero-order valence-corrected chi connectivity index (χ0v) is 11.5. The second-order valence-electron chi connectivity index (χ2n) is 5.31. The molecule has 0 radical (unpaired) electrons. The van der Waals surface area contributed by atoms with Crippen LogP contribution in [0.4, 0.5) is 0 Å². The lowest BCUT2D eigenvalue weighted by molar-refractivity contribution is 0.0567. The first kappa shape index (κ1) is 12.8. The van der Waals surface area contributed by atoms with E-state index in [1.165, 1.54) is 0 Å². The van der Waals surface area contributed by atoms with E-state index in [-0.39, 0.29) is 0 Å². The van der Waals surface area contributed by atoms with Crippen molar-refractivity contribution in [1.82, 2.24) is 4.98 Å². The van der Waals surface area contributed by atoms with E-state index in [0.29, 0.717) is 6.42 Å². The normalized spacial score (nSPS) is 14.1. The molecule has 20 heavy (non-hydrogen) atoms. The van der Waals surface area contributed by atoms with Crippen LogP contribution in [0.1, 0.15) is 18.2 Å². The van der Waals surface area contributed by atoms with Crippen LogP contribution in [0.3, 0.4) is 0 Å². The van der Waals surface area contributed by atoms with Crippen molar-refractivity contribution < 1.29 is 5.11 Å². The molecule has 0 aliphatic carbocycles. The molecule has 100 valence electrons. The molecule has 2 aromatic carbocycles. The Balaban J connectivity index is 1.92. The van der Waals surface area contributed by atoms with Crippen molar-refractivity contribution in [1.29, 1.82) is 0 Å². The van der Waals surface area contributed by atoms with E-state index >= 15 is 0 Å².